The topological polar surface area (TPSA) is 55.1 Å². The lowest BCUT2D eigenvalue weighted by Gasteiger charge is -2.25. The lowest BCUT2D eigenvalue weighted by molar-refractivity contribution is -0.120. The first-order valence-electron chi connectivity index (χ1n) is 6.08. The fourth-order valence-electron chi connectivity index (χ4n) is 2.28. The van der Waals surface area contributed by atoms with Gasteiger partial charge in [-0.05, 0) is 53.4 Å². The summed E-state index contributed by atoms with van der Waals surface area (Å²) in [5, 5.41) is 2.74. The number of hydrogen-bond donors (Lipinski definition) is 2. The van der Waals surface area contributed by atoms with Gasteiger partial charge in [-0.3, -0.25) is 4.79 Å². The fourth-order valence-corrected chi connectivity index (χ4v) is 2.53. The molecule has 0 radical (unpaired) electrons. The van der Waals surface area contributed by atoms with Crippen molar-refractivity contribution in [3.05, 3.63) is 28.5 Å². The van der Waals surface area contributed by atoms with E-state index in [1.807, 2.05) is 0 Å². The summed E-state index contributed by atoms with van der Waals surface area (Å²) in [6.07, 6.45) is 3.54. The van der Waals surface area contributed by atoms with Gasteiger partial charge in [0.2, 0.25) is 5.91 Å². The summed E-state index contributed by atoms with van der Waals surface area (Å²) in [5.41, 5.74) is 6.34. The molecule has 2 rings (SSSR count). The normalized spacial score (nSPS) is 23.7. The van der Waals surface area contributed by atoms with Gasteiger partial charge in [0.1, 0.15) is 5.82 Å². The Hall–Kier alpha value is -0.940. The molecule has 3 N–H and O–H groups in total. The second-order valence-corrected chi connectivity index (χ2v) is 5.60. The summed E-state index contributed by atoms with van der Waals surface area (Å²) in [5.74, 6) is -0.500. The number of carbonyl (C=O) groups excluding carboxylic acids is 1. The van der Waals surface area contributed by atoms with Crippen molar-refractivity contribution in [2.24, 2.45) is 11.7 Å². The van der Waals surface area contributed by atoms with Gasteiger partial charge in [-0.25, -0.2) is 4.39 Å². The van der Waals surface area contributed by atoms with Gasteiger partial charge in [-0.1, -0.05) is 6.42 Å². The molecule has 2 atom stereocenters. The van der Waals surface area contributed by atoms with Crippen LogP contribution in [0.1, 0.15) is 25.7 Å². The molecule has 0 aromatic heterocycles. The fraction of sp³-hybridized carbons (Fsp3) is 0.462. The number of halogens is 2. The van der Waals surface area contributed by atoms with Crippen LogP contribution in [-0.4, -0.2) is 11.9 Å². The van der Waals surface area contributed by atoms with Gasteiger partial charge in [0.15, 0.2) is 0 Å². The number of nitrogens with one attached hydrogen (secondary N) is 1. The van der Waals surface area contributed by atoms with E-state index in [2.05, 4.69) is 21.2 Å². The molecule has 0 spiro atoms. The Bertz CT molecular complexity index is 453. The van der Waals surface area contributed by atoms with Crippen LogP contribution in [0, 0.1) is 11.7 Å². The molecule has 0 heterocycles. The lowest BCUT2D eigenvalue weighted by Crippen LogP contribution is -2.34. The molecule has 1 amide bonds. The van der Waals surface area contributed by atoms with Crippen molar-refractivity contribution in [3.63, 3.8) is 0 Å². The van der Waals surface area contributed by atoms with Gasteiger partial charge in [-0.15, -0.1) is 0 Å². The Labute approximate surface area is 114 Å². The van der Waals surface area contributed by atoms with Crippen molar-refractivity contribution in [2.75, 3.05) is 5.32 Å². The van der Waals surface area contributed by atoms with Crippen LogP contribution in [0.3, 0.4) is 0 Å². The molecule has 1 saturated carbocycles. The van der Waals surface area contributed by atoms with E-state index < -0.39 is 0 Å². The third kappa shape index (κ3) is 3.29. The third-order valence-electron chi connectivity index (χ3n) is 3.27. The highest BCUT2D eigenvalue weighted by Gasteiger charge is 2.25. The molecule has 1 fully saturated rings. The van der Waals surface area contributed by atoms with Gasteiger partial charge < -0.3 is 11.1 Å². The Morgan fingerprint density at radius 1 is 1.44 bits per heavy atom. The molecule has 1 aliphatic carbocycles. The average Bonchev–Trinajstić information content (AvgIpc) is 2.34. The van der Waals surface area contributed by atoms with E-state index >= 15 is 0 Å². The van der Waals surface area contributed by atoms with Gasteiger partial charge in [0, 0.05) is 17.6 Å². The minimum atomic E-state index is -0.381. The monoisotopic (exact) mass is 314 g/mol. The zero-order chi connectivity index (χ0) is 13.1. The number of rotatable bonds is 2. The summed E-state index contributed by atoms with van der Waals surface area (Å²) in [6, 6.07) is 4.67. The Kier molecular flexibility index (Phi) is 4.35. The molecule has 0 aliphatic heterocycles. The van der Waals surface area contributed by atoms with E-state index in [9.17, 15) is 9.18 Å². The molecule has 1 aromatic rings. The molecule has 18 heavy (non-hydrogen) atoms. The SMILES string of the molecule is NC1CCCC(C(=O)Nc2ccc(Br)c(F)c2)C1. The molecule has 3 nitrogen and oxygen atoms in total. The Morgan fingerprint density at radius 2 is 2.22 bits per heavy atom. The standard InChI is InChI=1S/C13H16BrFN2O/c14-11-5-4-10(7-12(11)15)17-13(18)8-2-1-3-9(16)6-8/h4-5,7-9H,1-3,6,16H2,(H,17,18). The number of hydrogen-bond acceptors (Lipinski definition) is 2. The van der Waals surface area contributed by atoms with Crippen LogP contribution in [-0.2, 0) is 4.79 Å². The third-order valence-corrected chi connectivity index (χ3v) is 3.92. The molecule has 0 saturated heterocycles. The van der Waals surface area contributed by atoms with E-state index in [1.54, 1.807) is 12.1 Å². The van der Waals surface area contributed by atoms with Gasteiger partial charge in [0.05, 0.1) is 4.47 Å². The van der Waals surface area contributed by atoms with Gasteiger partial charge in [0.25, 0.3) is 0 Å². The van der Waals surface area contributed by atoms with Crippen LogP contribution in [0.15, 0.2) is 22.7 Å². The van der Waals surface area contributed by atoms with Crippen LogP contribution < -0.4 is 11.1 Å². The quantitative estimate of drug-likeness (QED) is 0.881. The Balaban J connectivity index is 2.00. The highest BCUT2D eigenvalue weighted by molar-refractivity contribution is 9.10. The number of carbonyl (C=O) groups is 1. The van der Waals surface area contributed by atoms with Crippen LogP contribution >= 0.6 is 15.9 Å². The first-order valence-corrected chi connectivity index (χ1v) is 6.87. The lowest BCUT2D eigenvalue weighted by atomic mass is 9.85. The minimum Gasteiger partial charge on any atom is -0.328 e. The van der Waals surface area contributed by atoms with Crippen molar-refractivity contribution >= 4 is 27.5 Å². The van der Waals surface area contributed by atoms with E-state index in [1.165, 1.54) is 6.07 Å². The second kappa shape index (κ2) is 5.80. The first-order chi connectivity index (χ1) is 8.56. The number of amides is 1. The van der Waals surface area contributed by atoms with Crippen LogP contribution in [0.4, 0.5) is 10.1 Å². The molecule has 2 unspecified atom stereocenters. The summed E-state index contributed by atoms with van der Waals surface area (Å²) in [6.45, 7) is 0. The van der Waals surface area contributed by atoms with Crippen molar-refractivity contribution in [3.8, 4) is 0 Å². The molecule has 0 bridgehead atoms. The smallest absolute Gasteiger partial charge is 0.227 e. The average molecular weight is 315 g/mol. The molecular formula is C13H16BrFN2O. The van der Waals surface area contributed by atoms with E-state index in [-0.39, 0.29) is 23.7 Å². The summed E-state index contributed by atoms with van der Waals surface area (Å²) < 4.78 is 13.7. The zero-order valence-corrected chi connectivity index (χ0v) is 11.5. The molecule has 98 valence electrons. The van der Waals surface area contributed by atoms with E-state index in [0.29, 0.717) is 16.6 Å². The summed E-state index contributed by atoms with van der Waals surface area (Å²) in [4.78, 5) is 12.0. The summed E-state index contributed by atoms with van der Waals surface area (Å²) in [7, 11) is 0. The molecular weight excluding hydrogens is 299 g/mol. The Morgan fingerprint density at radius 3 is 2.89 bits per heavy atom. The van der Waals surface area contributed by atoms with Crippen molar-refractivity contribution in [1.29, 1.82) is 0 Å². The largest absolute Gasteiger partial charge is 0.328 e. The van der Waals surface area contributed by atoms with Crippen molar-refractivity contribution in [1.82, 2.24) is 0 Å². The molecule has 1 aromatic carbocycles. The predicted octanol–water partition coefficient (Wildman–Crippen LogP) is 3.04. The molecule has 1 aliphatic rings. The van der Waals surface area contributed by atoms with Crippen LogP contribution in [0.25, 0.3) is 0 Å². The zero-order valence-electron chi connectivity index (χ0n) is 9.96. The minimum absolute atomic E-state index is 0.0551. The maximum atomic E-state index is 13.3. The first kappa shape index (κ1) is 13.5. The predicted molar refractivity (Wildman–Crippen MR) is 72.7 cm³/mol. The van der Waals surface area contributed by atoms with E-state index in [0.717, 1.165) is 19.3 Å². The number of benzene rings is 1. The van der Waals surface area contributed by atoms with Gasteiger partial charge in [-0.2, -0.15) is 0 Å². The van der Waals surface area contributed by atoms with Crippen molar-refractivity contribution < 1.29 is 9.18 Å². The maximum absolute atomic E-state index is 13.3. The number of nitrogens with two attached hydrogens (primary N) is 1. The highest BCUT2D eigenvalue weighted by Crippen LogP contribution is 2.25. The van der Waals surface area contributed by atoms with Crippen LogP contribution in [0.2, 0.25) is 0 Å². The maximum Gasteiger partial charge on any atom is 0.227 e. The number of anilines is 1. The van der Waals surface area contributed by atoms with Gasteiger partial charge >= 0.3 is 0 Å². The van der Waals surface area contributed by atoms with Crippen LogP contribution in [0.5, 0.6) is 0 Å². The summed E-state index contributed by atoms with van der Waals surface area (Å²) >= 11 is 3.08. The van der Waals surface area contributed by atoms with Crippen molar-refractivity contribution in [2.45, 2.75) is 31.7 Å². The highest BCUT2D eigenvalue weighted by atomic mass is 79.9. The van der Waals surface area contributed by atoms with E-state index in [4.69, 9.17) is 5.73 Å². The second-order valence-electron chi connectivity index (χ2n) is 4.74. The molecule has 5 heteroatoms.